The maximum absolute atomic E-state index is 13.7. The van der Waals surface area contributed by atoms with E-state index in [-0.39, 0.29) is 18.1 Å². The molecule has 4 aromatic carbocycles. The zero-order valence-electron chi connectivity index (χ0n) is 23.6. The molecule has 6 heteroatoms. The van der Waals surface area contributed by atoms with Gasteiger partial charge in [0.05, 0.1) is 5.52 Å². The highest BCUT2D eigenvalue weighted by molar-refractivity contribution is 6.00. The molecule has 0 saturated carbocycles. The Balaban J connectivity index is 1.31. The summed E-state index contributed by atoms with van der Waals surface area (Å²) in [6.45, 7) is 8.22. The molecule has 1 amide bonds. The number of carbonyl (C=O) groups excluding carboxylic acids is 1. The molecule has 41 heavy (non-hydrogen) atoms. The molecule has 0 unspecified atom stereocenters. The maximum Gasteiger partial charge on any atom is 0.268 e. The van der Waals surface area contributed by atoms with Gasteiger partial charge in [-0.25, -0.2) is 0 Å². The lowest BCUT2D eigenvalue weighted by atomic mass is 9.87. The molecule has 0 fully saturated rings. The zero-order valence-corrected chi connectivity index (χ0v) is 23.6. The molecule has 0 saturated heterocycles. The second kappa shape index (κ2) is 11.0. The third-order valence-electron chi connectivity index (χ3n) is 7.43. The van der Waals surface area contributed by atoms with E-state index in [9.17, 15) is 4.79 Å². The third kappa shape index (κ3) is 5.78. The first kappa shape index (κ1) is 26.5. The van der Waals surface area contributed by atoms with Gasteiger partial charge in [0.25, 0.3) is 5.91 Å². The first-order valence-corrected chi connectivity index (χ1v) is 13.9. The van der Waals surface area contributed by atoms with Crippen LogP contribution in [0.2, 0.25) is 0 Å². The van der Waals surface area contributed by atoms with Crippen LogP contribution in [0.25, 0.3) is 10.9 Å². The van der Waals surface area contributed by atoms with Gasteiger partial charge < -0.3 is 24.1 Å². The van der Waals surface area contributed by atoms with Crippen LogP contribution in [0.4, 0.5) is 0 Å². The van der Waals surface area contributed by atoms with Crippen LogP contribution in [0.3, 0.4) is 0 Å². The van der Waals surface area contributed by atoms with Gasteiger partial charge in [-0.3, -0.25) is 4.79 Å². The van der Waals surface area contributed by atoms with Gasteiger partial charge in [0.15, 0.2) is 11.5 Å². The third-order valence-corrected chi connectivity index (χ3v) is 7.43. The number of fused-ring (bicyclic) bond motifs is 2. The fraction of sp³-hybridized carbons (Fsp3) is 0.229. The van der Waals surface area contributed by atoms with E-state index in [2.05, 4.69) is 54.9 Å². The Morgan fingerprint density at radius 2 is 1.59 bits per heavy atom. The SMILES string of the molecule is CC(C)(C)c1ccc(Cn2c(C(=O)NCc3ccc4c(c3)OCO4)cc3c(OCc4ccccc4)cccc32)cc1. The van der Waals surface area contributed by atoms with E-state index >= 15 is 0 Å². The number of hydrogen-bond acceptors (Lipinski definition) is 4. The molecule has 1 N–H and O–H groups in total. The van der Waals surface area contributed by atoms with Gasteiger partial charge in [0.2, 0.25) is 6.79 Å². The lowest BCUT2D eigenvalue weighted by Gasteiger charge is -2.19. The average molecular weight is 547 g/mol. The van der Waals surface area contributed by atoms with Crippen LogP contribution in [-0.2, 0) is 25.1 Å². The van der Waals surface area contributed by atoms with Crippen molar-refractivity contribution in [1.29, 1.82) is 0 Å². The van der Waals surface area contributed by atoms with Crippen molar-refractivity contribution in [3.8, 4) is 17.2 Å². The van der Waals surface area contributed by atoms with Gasteiger partial charge in [-0.15, -0.1) is 0 Å². The van der Waals surface area contributed by atoms with Gasteiger partial charge in [0, 0.05) is 18.5 Å². The van der Waals surface area contributed by atoms with Crippen LogP contribution >= 0.6 is 0 Å². The summed E-state index contributed by atoms with van der Waals surface area (Å²) >= 11 is 0. The molecular weight excluding hydrogens is 512 g/mol. The van der Waals surface area contributed by atoms with Crippen LogP contribution in [0.15, 0.2) is 97.1 Å². The second-order valence-electron chi connectivity index (χ2n) is 11.4. The number of ether oxygens (including phenoxy) is 3. The molecule has 5 aromatic rings. The van der Waals surface area contributed by atoms with Crippen LogP contribution in [0.5, 0.6) is 17.2 Å². The highest BCUT2D eigenvalue weighted by atomic mass is 16.7. The van der Waals surface area contributed by atoms with E-state index in [1.54, 1.807) is 0 Å². The topological polar surface area (TPSA) is 61.7 Å². The Bertz CT molecular complexity index is 1680. The van der Waals surface area contributed by atoms with Crippen LogP contribution in [-0.4, -0.2) is 17.3 Å². The predicted molar refractivity (Wildman–Crippen MR) is 161 cm³/mol. The molecule has 0 bridgehead atoms. The summed E-state index contributed by atoms with van der Waals surface area (Å²) in [6.07, 6.45) is 0. The molecule has 2 heterocycles. The minimum atomic E-state index is -0.154. The molecule has 208 valence electrons. The largest absolute Gasteiger partial charge is 0.488 e. The second-order valence-corrected chi connectivity index (χ2v) is 11.4. The zero-order chi connectivity index (χ0) is 28.4. The van der Waals surface area contributed by atoms with E-state index in [1.165, 1.54) is 5.56 Å². The Kier molecular flexibility index (Phi) is 7.14. The number of rotatable bonds is 8. The summed E-state index contributed by atoms with van der Waals surface area (Å²) in [4.78, 5) is 13.7. The first-order valence-electron chi connectivity index (χ1n) is 13.9. The van der Waals surface area contributed by atoms with E-state index in [4.69, 9.17) is 14.2 Å². The Morgan fingerprint density at radius 1 is 0.829 bits per heavy atom. The van der Waals surface area contributed by atoms with Gasteiger partial charge >= 0.3 is 0 Å². The number of benzene rings is 4. The summed E-state index contributed by atoms with van der Waals surface area (Å²) in [6, 6.07) is 32.4. The van der Waals surface area contributed by atoms with E-state index in [0.29, 0.717) is 31.1 Å². The van der Waals surface area contributed by atoms with E-state index in [1.807, 2.05) is 72.8 Å². The van der Waals surface area contributed by atoms with Gasteiger partial charge in [-0.05, 0) is 58.0 Å². The predicted octanol–water partition coefficient (Wildman–Crippen LogP) is 7.22. The summed E-state index contributed by atoms with van der Waals surface area (Å²) < 4.78 is 19.2. The van der Waals surface area contributed by atoms with Crippen molar-refractivity contribution in [2.45, 2.75) is 45.9 Å². The smallest absolute Gasteiger partial charge is 0.268 e. The van der Waals surface area contributed by atoms with E-state index in [0.717, 1.165) is 39.1 Å². The number of carbonyl (C=O) groups is 1. The minimum Gasteiger partial charge on any atom is -0.488 e. The van der Waals surface area contributed by atoms with Crippen molar-refractivity contribution >= 4 is 16.8 Å². The van der Waals surface area contributed by atoms with Gasteiger partial charge in [0.1, 0.15) is 18.1 Å². The molecule has 0 aliphatic carbocycles. The highest BCUT2D eigenvalue weighted by Gasteiger charge is 2.20. The van der Waals surface area contributed by atoms with Crippen molar-refractivity contribution < 1.29 is 19.0 Å². The molecule has 0 atom stereocenters. The van der Waals surface area contributed by atoms with Crippen molar-refractivity contribution in [3.05, 3.63) is 125 Å². The minimum absolute atomic E-state index is 0.0729. The van der Waals surface area contributed by atoms with Crippen molar-refractivity contribution in [3.63, 3.8) is 0 Å². The Morgan fingerprint density at radius 3 is 2.37 bits per heavy atom. The Hall–Kier alpha value is -4.71. The highest BCUT2D eigenvalue weighted by Crippen LogP contribution is 2.33. The van der Waals surface area contributed by atoms with Crippen LogP contribution in [0.1, 0.15) is 53.5 Å². The number of nitrogens with zero attached hydrogens (tertiary/aromatic N) is 1. The quantitative estimate of drug-likeness (QED) is 0.223. The summed E-state index contributed by atoms with van der Waals surface area (Å²) in [5.41, 5.74) is 6.02. The summed E-state index contributed by atoms with van der Waals surface area (Å²) in [5.74, 6) is 2.02. The normalized spacial score (nSPS) is 12.5. The number of nitrogens with one attached hydrogen (secondary N) is 1. The van der Waals surface area contributed by atoms with Crippen LogP contribution in [0, 0.1) is 0 Å². The first-order chi connectivity index (χ1) is 19.8. The molecule has 0 spiro atoms. The summed E-state index contributed by atoms with van der Waals surface area (Å²) in [5, 5.41) is 4.01. The van der Waals surface area contributed by atoms with Crippen LogP contribution < -0.4 is 19.5 Å². The van der Waals surface area contributed by atoms with Gasteiger partial charge in [-0.1, -0.05) is 87.5 Å². The molecule has 1 aliphatic rings. The molecule has 1 aromatic heterocycles. The fourth-order valence-corrected chi connectivity index (χ4v) is 5.09. The number of aromatic nitrogens is 1. The fourth-order valence-electron chi connectivity index (χ4n) is 5.09. The lowest BCUT2D eigenvalue weighted by Crippen LogP contribution is -2.25. The molecule has 0 radical (unpaired) electrons. The molecule has 1 aliphatic heterocycles. The Labute approximate surface area is 240 Å². The molecule has 6 nitrogen and oxygen atoms in total. The average Bonchev–Trinajstić information content (AvgIpc) is 3.60. The van der Waals surface area contributed by atoms with Crippen molar-refractivity contribution in [1.82, 2.24) is 9.88 Å². The van der Waals surface area contributed by atoms with E-state index < -0.39 is 0 Å². The standard InChI is InChI=1S/C35H34N2O4/c1-35(2,3)27-15-12-24(13-16-27)21-37-29-10-7-11-31(39-22-25-8-5-4-6-9-25)28(29)19-30(37)34(38)36-20-26-14-17-32-33(18-26)41-23-40-32/h4-19H,20-23H2,1-3H3,(H,36,38). The number of amides is 1. The van der Waals surface area contributed by atoms with Crippen molar-refractivity contribution in [2.75, 3.05) is 6.79 Å². The number of hydrogen-bond donors (Lipinski definition) is 1. The van der Waals surface area contributed by atoms with Gasteiger partial charge in [-0.2, -0.15) is 0 Å². The molecule has 6 rings (SSSR count). The summed E-state index contributed by atoms with van der Waals surface area (Å²) in [7, 11) is 0. The monoisotopic (exact) mass is 546 g/mol. The lowest BCUT2D eigenvalue weighted by molar-refractivity contribution is 0.0942. The molecular formula is C35H34N2O4. The maximum atomic E-state index is 13.7. The van der Waals surface area contributed by atoms with Crippen molar-refractivity contribution in [2.24, 2.45) is 0 Å².